The van der Waals surface area contributed by atoms with Gasteiger partial charge < -0.3 is 10.6 Å². The molecule has 2 N–H and O–H groups in total. The summed E-state index contributed by atoms with van der Waals surface area (Å²) in [4.78, 5) is 26.4. The van der Waals surface area contributed by atoms with E-state index in [1.54, 1.807) is 6.07 Å². The van der Waals surface area contributed by atoms with Gasteiger partial charge in [0, 0.05) is 17.3 Å². The van der Waals surface area contributed by atoms with Gasteiger partial charge in [-0.05, 0) is 30.5 Å². The summed E-state index contributed by atoms with van der Waals surface area (Å²) in [5, 5.41) is 0. The first-order chi connectivity index (χ1) is 11.1. The maximum atomic E-state index is 12.6. The van der Waals surface area contributed by atoms with Gasteiger partial charge >= 0.3 is 0 Å². The number of anilines is 1. The number of ketones is 1. The zero-order valence-electron chi connectivity index (χ0n) is 13.1. The van der Waals surface area contributed by atoms with Crippen LogP contribution in [0, 0.1) is 0 Å². The number of hydrogen-bond donors (Lipinski definition) is 1. The fourth-order valence-electron chi connectivity index (χ4n) is 3.32. The number of carbonyl (C=O) groups is 2. The van der Waals surface area contributed by atoms with Gasteiger partial charge in [0.05, 0.1) is 0 Å². The zero-order valence-corrected chi connectivity index (χ0v) is 13.1. The van der Waals surface area contributed by atoms with Crippen LogP contribution in [0.15, 0.2) is 54.6 Å². The highest BCUT2D eigenvalue weighted by molar-refractivity contribution is 6.21. The molecular formula is C19H20N2O2. The van der Waals surface area contributed by atoms with Crippen LogP contribution in [0.2, 0.25) is 0 Å². The molecule has 4 nitrogen and oxygen atoms in total. The van der Waals surface area contributed by atoms with Crippen molar-refractivity contribution in [2.24, 2.45) is 5.73 Å². The molecule has 1 aliphatic heterocycles. The molecule has 0 fully saturated rings. The van der Waals surface area contributed by atoms with Gasteiger partial charge in [0.2, 0.25) is 5.91 Å². The fourth-order valence-corrected chi connectivity index (χ4v) is 3.32. The maximum Gasteiger partial charge on any atom is 0.248 e. The number of amides is 1. The third kappa shape index (κ3) is 2.72. The number of primary amides is 1. The predicted molar refractivity (Wildman–Crippen MR) is 90.5 cm³/mol. The van der Waals surface area contributed by atoms with E-state index < -0.39 is 11.9 Å². The molecule has 0 radical (unpaired) electrons. The molecule has 4 heteroatoms. The van der Waals surface area contributed by atoms with Crippen molar-refractivity contribution >= 4 is 17.4 Å². The number of nitrogens with two attached hydrogens (primary N) is 1. The van der Waals surface area contributed by atoms with E-state index in [0.717, 1.165) is 18.5 Å². The number of nitrogens with zero attached hydrogens (tertiary/aromatic N) is 1. The van der Waals surface area contributed by atoms with E-state index in [1.807, 2.05) is 41.3 Å². The molecule has 2 atom stereocenters. The van der Waals surface area contributed by atoms with Crippen LogP contribution < -0.4 is 10.6 Å². The highest BCUT2D eigenvalue weighted by Crippen LogP contribution is 2.35. The SMILES string of the molecule is CCC(Cc1ccccc1)N1c2ccccc2C(=O)C1C(N)=O. The minimum atomic E-state index is -0.902. The zero-order chi connectivity index (χ0) is 16.4. The Morgan fingerprint density at radius 1 is 1.13 bits per heavy atom. The highest BCUT2D eigenvalue weighted by atomic mass is 16.2. The first-order valence-corrected chi connectivity index (χ1v) is 7.88. The van der Waals surface area contributed by atoms with Crippen LogP contribution in [0.5, 0.6) is 0 Å². The number of carbonyl (C=O) groups excluding carboxylic acids is 2. The molecule has 0 bridgehead atoms. The Labute approximate surface area is 135 Å². The number of hydrogen-bond acceptors (Lipinski definition) is 3. The summed E-state index contributed by atoms with van der Waals surface area (Å²) < 4.78 is 0. The van der Waals surface area contributed by atoms with Crippen molar-refractivity contribution in [3.05, 3.63) is 65.7 Å². The Hall–Kier alpha value is -2.62. The normalized spacial score (nSPS) is 17.9. The van der Waals surface area contributed by atoms with E-state index in [9.17, 15) is 9.59 Å². The molecule has 23 heavy (non-hydrogen) atoms. The molecular weight excluding hydrogens is 288 g/mol. The predicted octanol–water partition coefficient (Wildman–Crippen LogP) is 2.56. The van der Waals surface area contributed by atoms with Gasteiger partial charge in [0.1, 0.15) is 0 Å². The van der Waals surface area contributed by atoms with Gasteiger partial charge in [0.15, 0.2) is 11.8 Å². The van der Waals surface area contributed by atoms with Crippen molar-refractivity contribution in [1.82, 2.24) is 0 Å². The van der Waals surface area contributed by atoms with Gasteiger partial charge in [0.25, 0.3) is 0 Å². The van der Waals surface area contributed by atoms with Crippen molar-refractivity contribution in [3.63, 3.8) is 0 Å². The van der Waals surface area contributed by atoms with Crippen molar-refractivity contribution in [2.75, 3.05) is 4.90 Å². The van der Waals surface area contributed by atoms with Crippen LogP contribution in [-0.4, -0.2) is 23.8 Å². The second kappa shape index (κ2) is 6.24. The Morgan fingerprint density at radius 2 is 1.78 bits per heavy atom. The topological polar surface area (TPSA) is 63.4 Å². The molecule has 1 aliphatic rings. The monoisotopic (exact) mass is 308 g/mol. The molecule has 0 saturated carbocycles. The van der Waals surface area contributed by atoms with E-state index in [2.05, 4.69) is 19.1 Å². The highest BCUT2D eigenvalue weighted by Gasteiger charge is 2.43. The second-order valence-corrected chi connectivity index (χ2v) is 5.85. The molecule has 0 saturated heterocycles. The second-order valence-electron chi connectivity index (χ2n) is 5.85. The number of rotatable bonds is 5. The molecule has 1 amide bonds. The minimum Gasteiger partial charge on any atom is -0.367 e. The van der Waals surface area contributed by atoms with Gasteiger partial charge in [-0.15, -0.1) is 0 Å². The quantitative estimate of drug-likeness (QED) is 0.863. The van der Waals surface area contributed by atoms with E-state index in [4.69, 9.17) is 5.73 Å². The number of benzene rings is 2. The summed E-state index contributed by atoms with van der Waals surface area (Å²) in [5.41, 5.74) is 8.12. The molecule has 0 aromatic heterocycles. The lowest BCUT2D eigenvalue weighted by Crippen LogP contribution is -2.51. The molecule has 118 valence electrons. The van der Waals surface area contributed by atoms with Crippen LogP contribution >= 0.6 is 0 Å². The Kier molecular flexibility index (Phi) is 4.15. The molecule has 2 unspecified atom stereocenters. The summed E-state index contributed by atoms with van der Waals surface area (Å²) in [6.07, 6.45) is 1.59. The maximum absolute atomic E-state index is 12.6. The third-order valence-electron chi connectivity index (χ3n) is 4.42. The lowest BCUT2D eigenvalue weighted by atomic mass is 10.0. The van der Waals surface area contributed by atoms with Crippen molar-refractivity contribution in [2.45, 2.75) is 31.8 Å². The smallest absolute Gasteiger partial charge is 0.248 e. The Bertz CT molecular complexity index is 727. The van der Waals surface area contributed by atoms with Crippen molar-refractivity contribution in [3.8, 4) is 0 Å². The average Bonchev–Trinajstić information content (AvgIpc) is 2.87. The van der Waals surface area contributed by atoms with E-state index >= 15 is 0 Å². The van der Waals surface area contributed by atoms with Crippen LogP contribution in [-0.2, 0) is 11.2 Å². The van der Waals surface area contributed by atoms with Crippen LogP contribution in [0.4, 0.5) is 5.69 Å². The number of fused-ring (bicyclic) bond motifs is 1. The summed E-state index contributed by atoms with van der Waals surface area (Å²) in [5.74, 6) is -0.780. The summed E-state index contributed by atoms with van der Waals surface area (Å²) in [7, 11) is 0. The van der Waals surface area contributed by atoms with Gasteiger partial charge in [-0.2, -0.15) is 0 Å². The van der Waals surface area contributed by atoms with Crippen LogP contribution in [0.25, 0.3) is 0 Å². The molecule has 3 rings (SSSR count). The standard InChI is InChI=1S/C19H20N2O2/c1-2-14(12-13-8-4-3-5-9-13)21-16-11-7-6-10-15(16)18(22)17(21)19(20)23/h3-11,14,17H,2,12H2,1H3,(H2,20,23). The van der Waals surface area contributed by atoms with Gasteiger partial charge in [-0.3, -0.25) is 9.59 Å². The lowest BCUT2D eigenvalue weighted by Gasteiger charge is -2.33. The Morgan fingerprint density at radius 3 is 2.43 bits per heavy atom. The van der Waals surface area contributed by atoms with Gasteiger partial charge in [-0.25, -0.2) is 0 Å². The third-order valence-corrected chi connectivity index (χ3v) is 4.42. The summed E-state index contributed by atoms with van der Waals surface area (Å²) >= 11 is 0. The number of para-hydroxylation sites is 1. The van der Waals surface area contributed by atoms with Crippen molar-refractivity contribution < 1.29 is 9.59 Å². The molecule has 2 aromatic rings. The average molecular weight is 308 g/mol. The van der Waals surface area contributed by atoms with Crippen LogP contribution in [0.3, 0.4) is 0 Å². The van der Waals surface area contributed by atoms with E-state index in [1.165, 1.54) is 5.56 Å². The summed E-state index contributed by atoms with van der Waals surface area (Å²) in [6.45, 7) is 2.07. The molecule has 2 aromatic carbocycles. The lowest BCUT2D eigenvalue weighted by molar-refractivity contribution is -0.118. The molecule has 1 heterocycles. The Balaban J connectivity index is 2.00. The minimum absolute atomic E-state index is 0.0440. The summed E-state index contributed by atoms with van der Waals surface area (Å²) in [6, 6.07) is 16.6. The largest absolute Gasteiger partial charge is 0.367 e. The van der Waals surface area contributed by atoms with E-state index in [-0.39, 0.29) is 11.8 Å². The fraction of sp³-hybridized carbons (Fsp3) is 0.263. The first kappa shape index (κ1) is 15.3. The molecule has 0 aliphatic carbocycles. The first-order valence-electron chi connectivity index (χ1n) is 7.88. The van der Waals surface area contributed by atoms with Crippen molar-refractivity contribution in [1.29, 1.82) is 0 Å². The van der Waals surface area contributed by atoms with Gasteiger partial charge in [-0.1, -0.05) is 49.4 Å². The van der Waals surface area contributed by atoms with Crippen LogP contribution in [0.1, 0.15) is 29.3 Å². The van der Waals surface area contributed by atoms with E-state index in [0.29, 0.717) is 5.56 Å². The molecule has 0 spiro atoms. The number of Topliss-reactive ketones (excluding diaryl/α,β-unsaturated/α-hetero) is 1.